The molecule has 5 nitrogen and oxygen atoms in total. The number of hydrogen-bond donors (Lipinski definition) is 1. The Hall–Kier alpha value is -2.02. The van der Waals surface area contributed by atoms with Crippen molar-refractivity contribution in [3.63, 3.8) is 0 Å². The number of halogens is 1. The molecule has 0 fully saturated rings. The highest BCUT2D eigenvalue weighted by molar-refractivity contribution is 7.98. The van der Waals surface area contributed by atoms with Gasteiger partial charge in [0.2, 0.25) is 0 Å². The van der Waals surface area contributed by atoms with Crippen molar-refractivity contribution in [2.75, 3.05) is 12.9 Å². The van der Waals surface area contributed by atoms with Crippen LogP contribution in [0.15, 0.2) is 41.6 Å². The third-order valence-corrected chi connectivity index (χ3v) is 5.55. The molecule has 26 heavy (non-hydrogen) atoms. The van der Waals surface area contributed by atoms with Gasteiger partial charge in [-0.15, -0.1) is 11.8 Å². The molecule has 0 radical (unpaired) electrons. The molecule has 1 aliphatic heterocycles. The van der Waals surface area contributed by atoms with Crippen molar-refractivity contribution in [1.82, 2.24) is 14.9 Å². The number of ether oxygens (including phenoxy) is 1. The molecule has 1 N–H and O–H groups in total. The highest BCUT2D eigenvalue weighted by atomic mass is 35.5. The van der Waals surface area contributed by atoms with E-state index in [2.05, 4.69) is 10.3 Å². The lowest BCUT2D eigenvalue weighted by Crippen LogP contribution is -2.35. The van der Waals surface area contributed by atoms with Crippen LogP contribution in [0, 0.1) is 0 Å². The van der Waals surface area contributed by atoms with E-state index in [-0.39, 0.29) is 11.9 Å². The summed E-state index contributed by atoms with van der Waals surface area (Å²) in [5, 5.41) is 5.66. The molecule has 4 rings (SSSR count). The zero-order valence-corrected chi connectivity index (χ0v) is 16.0. The number of pyridine rings is 1. The van der Waals surface area contributed by atoms with Crippen LogP contribution in [-0.2, 0) is 18.4 Å². The van der Waals surface area contributed by atoms with Gasteiger partial charge in [0.1, 0.15) is 5.69 Å². The van der Waals surface area contributed by atoms with E-state index in [9.17, 15) is 4.79 Å². The number of nitrogens with zero attached hydrogens (tertiary/aromatic N) is 2. The lowest BCUT2D eigenvalue weighted by atomic mass is 10.0. The van der Waals surface area contributed by atoms with E-state index in [0.717, 1.165) is 27.1 Å². The van der Waals surface area contributed by atoms with Gasteiger partial charge in [-0.25, -0.2) is 4.98 Å². The Balaban J connectivity index is 1.63. The largest absolute Gasteiger partial charge is 0.374 e. The van der Waals surface area contributed by atoms with Crippen molar-refractivity contribution in [1.29, 1.82) is 0 Å². The lowest BCUT2D eigenvalue weighted by molar-refractivity contribution is 0.0701. The number of rotatable bonds is 3. The van der Waals surface area contributed by atoms with E-state index >= 15 is 0 Å². The molecule has 0 saturated carbocycles. The Kier molecular flexibility index (Phi) is 4.65. The summed E-state index contributed by atoms with van der Waals surface area (Å²) in [6.45, 7) is 0.985. The van der Waals surface area contributed by atoms with Crippen molar-refractivity contribution >= 4 is 40.2 Å². The number of aromatic nitrogens is 2. The Morgan fingerprint density at radius 1 is 1.38 bits per heavy atom. The molecule has 0 saturated heterocycles. The average molecular weight is 388 g/mol. The van der Waals surface area contributed by atoms with E-state index in [1.165, 1.54) is 0 Å². The number of nitrogens with one attached hydrogen (secondary N) is 1. The van der Waals surface area contributed by atoms with Crippen LogP contribution in [0.5, 0.6) is 0 Å². The molecule has 134 valence electrons. The van der Waals surface area contributed by atoms with E-state index in [0.29, 0.717) is 23.9 Å². The van der Waals surface area contributed by atoms with Crippen molar-refractivity contribution in [3.05, 3.63) is 58.4 Å². The fraction of sp³-hybridized carbons (Fsp3) is 0.263. The minimum Gasteiger partial charge on any atom is -0.374 e. The van der Waals surface area contributed by atoms with Gasteiger partial charge in [0.05, 0.1) is 24.3 Å². The monoisotopic (exact) mass is 387 g/mol. The van der Waals surface area contributed by atoms with Crippen LogP contribution in [0.4, 0.5) is 0 Å². The van der Waals surface area contributed by atoms with Crippen LogP contribution < -0.4 is 5.32 Å². The number of carbonyl (C=O) groups is 1. The number of amides is 1. The van der Waals surface area contributed by atoms with Crippen LogP contribution >= 0.6 is 23.4 Å². The maximum atomic E-state index is 12.9. The molecular formula is C19H18ClN3O2S. The van der Waals surface area contributed by atoms with E-state index < -0.39 is 0 Å². The van der Waals surface area contributed by atoms with Crippen molar-refractivity contribution in [3.8, 4) is 0 Å². The van der Waals surface area contributed by atoms with Crippen LogP contribution in [-0.4, -0.2) is 28.3 Å². The van der Waals surface area contributed by atoms with Gasteiger partial charge in [-0.1, -0.05) is 17.7 Å². The number of hydrogen-bond acceptors (Lipinski definition) is 4. The van der Waals surface area contributed by atoms with Crippen LogP contribution in [0.1, 0.15) is 27.7 Å². The number of carbonyl (C=O) groups excluding carboxylic acids is 1. The van der Waals surface area contributed by atoms with Crippen LogP contribution in [0.3, 0.4) is 0 Å². The smallest absolute Gasteiger partial charge is 0.268 e. The average Bonchev–Trinajstić information content (AvgIpc) is 2.98. The number of benzene rings is 1. The first kappa shape index (κ1) is 17.4. The van der Waals surface area contributed by atoms with Gasteiger partial charge in [0.25, 0.3) is 5.91 Å². The second-order valence-corrected chi connectivity index (χ2v) is 7.52. The predicted molar refractivity (Wildman–Crippen MR) is 104 cm³/mol. The Labute approximate surface area is 160 Å². The van der Waals surface area contributed by atoms with E-state index in [1.807, 2.05) is 54.4 Å². The van der Waals surface area contributed by atoms with Gasteiger partial charge >= 0.3 is 0 Å². The molecule has 3 aromatic rings. The SMILES string of the molecule is CSc1cc2c(cn1)C(NC(=O)c1cc3ccc(Cl)cc3n1C)COC2. The van der Waals surface area contributed by atoms with Crippen molar-refractivity contribution < 1.29 is 9.53 Å². The molecule has 1 aliphatic rings. The number of thioether (sulfide) groups is 1. The zero-order chi connectivity index (χ0) is 18.3. The Morgan fingerprint density at radius 2 is 2.23 bits per heavy atom. The third kappa shape index (κ3) is 3.09. The quantitative estimate of drug-likeness (QED) is 0.691. The molecule has 3 heterocycles. The van der Waals surface area contributed by atoms with Gasteiger partial charge in [0.15, 0.2) is 0 Å². The maximum Gasteiger partial charge on any atom is 0.268 e. The first-order valence-corrected chi connectivity index (χ1v) is 9.83. The number of fused-ring (bicyclic) bond motifs is 2. The summed E-state index contributed by atoms with van der Waals surface area (Å²) >= 11 is 7.67. The fourth-order valence-corrected chi connectivity index (χ4v) is 3.87. The zero-order valence-electron chi connectivity index (χ0n) is 14.5. The topological polar surface area (TPSA) is 56.2 Å². The molecular weight excluding hydrogens is 370 g/mol. The molecule has 0 aliphatic carbocycles. The summed E-state index contributed by atoms with van der Waals surface area (Å²) in [5.74, 6) is -0.143. The van der Waals surface area contributed by atoms with Crippen LogP contribution in [0.25, 0.3) is 10.9 Å². The standard InChI is InChI=1S/C19H18ClN3O2S/c1-23-16-7-13(20)4-3-11(16)5-17(23)19(24)22-15-10-25-9-12-6-18(26-2)21-8-14(12)15/h3-8,15H,9-10H2,1-2H3,(H,22,24). The lowest BCUT2D eigenvalue weighted by Gasteiger charge is -2.26. The summed E-state index contributed by atoms with van der Waals surface area (Å²) in [6.07, 6.45) is 3.83. The summed E-state index contributed by atoms with van der Waals surface area (Å²) in [5.41, 5.74) is 3.60. The van der Waals surface area contributed by atoms with Crippen molar-refractivity contribution in [2.24, 2.45) is 7.05 Å². The van der Waals surface area contributed by atoms with Crippen molar-refractivity contribution in [2.45, 2.75) is 17.7 Å². The van der Waals surface area contributed by atoms with Gasteiger partial charge < -0.3 is 14.6 Å². The van der Waals surface area contributed by atoms with Gasteiger partial charge in [-0.3, -0.25) is 4.79 Å². The first-order valence-electron chi connectivity index (χ1n) is 8.23. The summed E-state index contributed by atoms with van der Waals surface area (Å²) in [7, 11) is 1.87. The highest BCUT2D eigenvalue weighted by Gasteiger charge is 2.25. The normalized spacial score (nSPS) is 16.5. The van der Waals surface area contributed by atoms with Gasteiger partial charge in [-0.05, 0) is 36.1 Å². The predicted octanol–water partition coefficient (Wildman–Crippen LogP) is 3.95. The summed E-state index contributed by atoms with van der Waals surface area (Å²) in [6, 6.07) is 9.29. The molecule has 1 atom stereocenters. The van der Waals surface area contributed by atoms with Gasteiger partial charge in [-0.2, -0.15) is 0 Å². The third-order valence-electron chi connectivity index (χ3n) is 4.67. The minimum absolute atomic E-state index is 0.143. The fourth-order valence-electron chi connectivity index (χ4n) is 3.29. The molecule has 2 aromatic heterocycles. The van der Waals surface area contributed by atoms with Gasteiger partial charge in [0, 0.05) is 34.7 Å². The molecule has 1 aromatic carbocycles. The molecule has 1 amide bonds. The Bertz CT molecular complexity index is 1000. The molecule has 7 heteroatoms. The summed E-state index contributed by atoms with van der Waals surface area (Å²) in [4.78, 5) is 17.3. The molecule has 1 unspecified atom stereocenters. The molecule has 0 bridgehead atoms. The second-order valence-electron chi connectivity index (χ2n) is 6.26. The second kappa shape index (κ2) is 6.95. The minimum atomic E-state index is -0.212. The first-order chi connectivity index (χ1) is 12.6. The van der Waals surface area contributed by atoms with E-state index in [1.54, 1.807) is 11.8 Å². The highest BCUT2D eigenvalue weighted by Crippen LogP contribution is 2.28. The Morgan fingerprint density at radius 3 is 3.04 bits per heavy atom. The number of aryl methyl sites for hydroxylation is 1. The van der Waals surface area contributed by atoms with Crippen LogP contribution in [0.2, 0.25) is 5.02 Å². The molecule has 0 spiro atoms. The maximum absolute atomic E-state index is 12.9. The summed E-state index contributed by atoms with van der Waals surface area (Å²) < 4.78 is 7.53. The van der Waals surface area contributed by atoms with E-state index in [4.69, 9.17) is 16.3 Å².